The van der Waals surface area contributed by atoms with Crippen LogP contribution in [0.1, 0.15) is 17.3 Å². The largest absolute Gasteiger partial charge is 0.487 e. The van der Waals surface area contributed by atoms with Crippen LogP contribution in [0.4, 0.5) is 5.69 Å². The van der Waals surface area contributed by atoms with Crippen LogP contribution in [-0.2, 0) is 0 Å². The fourth-order valence-electron chi connectivity index (χ4n) is 2.33. The summed E-state index contributed by atoms with van der Waals surface area (Å²) in [4.78, 5) is 14.4. The number of ether oxygens (including phenoxy) is 1. The molecule has 2 aromatic carbocycles. The lowest BCUT2D eigenvalue weighted by atomic mass is 10.1. The molecule has 0 bridgehead atoms. The highest BCUT2D eigenvalue weighted by Crippen LogP contribution is 2.33. The van der Waals surface area contributed by atoms with Gasteiger partial charge in [0.2, 0.25) is 0 Å². The molecule has 0 radical (unpaired) electrons. The SMILES string of the molecule is CC1CN(C(=O)c2ccc(Cl)cc2)c2ccccc2O1. The van der Waals surface area contributed by atoms with Gasteiger partial charge in [0.05, 0.1) is 12.2 Å². The molecule has 4 heteroatoms. The zero-order valence-corrected chi connectivity index (χ0v) is 11.8. The van der Waals surface area contributed by atoms with Gasteiger partial charge in [-0.25, -0.2) is 0 Å². The van der Waals surface area contributed by atoms with Crippen LogP contribution in [0, 0.1) is 0 Å². The van der Waals surface area contributed by atoms with E-state index in [0.717, 1.165) is 11.4 Å². The van der Waals surface area contributed by atoms with Gasteiger partial charge in [-0.1, -0.05) is 23.7 Å². The summed E-state index contributed by atoms with van der Waals surface area (Å²) in [5.41, 5.74) is 1.43. The van der Waals surface area contributed by atoms with E-state index in [1.807, 2.05) is 31.2 Å². The summed E-state index contributed by atoms with van der Waals surface area (Å²) in [6.07, 6.45) is -0.0267. The first-order chi connectivity index (χ1) is 9.65. The summed E-state index contributed by atoms with van der Waals surface area (Å²) in [6.45, 7) is 2.50. The molecular weight excluding hydrogens is 274 g/mol. The van der Waals surface area contributed by atoms with Crippen LogP contribution in [0.5, 0.6) is 5.75 Å². The van der Waals surface area contributed by atoms with Gasteiger partial charge in [0, 0.05) is 10.6 Å². The summed E-state index contributed by atoms with van der Waals surface area (Å²) < 4.78 is 5.75. The molecule has 0 aliphatic carbocycles. The maximum atomic E-state index is 12.6. The Labute approximate surface area is 122 Å². The Kier molecular flexibility index (Phi) is 3.36. The average molecular weight is 288 g/mol. The number of para-hydroxylation sites is 2. The third-order valence-corrected chi connectivity index (χ3v) is 3.51. The Morgan fingerprint density at radius 2 is 1.90 bits per heavy atom. The lowest BCUT2D eigenvalue weighted by molar-refractivity contribution is 0.0961. The van der Waals surface area contributed by atoms with E-state index < -0.39 is 0 Å². The van der Waals surface area contributed by atoms with Crippen molar-refractivity contribution >= 4 is 23.2 Å². The molecule has 0 saturated carbocycles. The summed E-state index contributed by atoms with van der Waals surface area (Å²) in [6, 6.07) is 14.5. The molecule has 1 heterocycles. The number of carbonyl (C=O) groups excluding carboxylic acids is 1. The smallest absolute Gasteiger partial charge is 0.258 e. The minimum atomic E-state index is -0.0377. The molecule has 1 amide bonds. The van der Waals surface area contributed by atoms with Crippen molar-refractivity contribution in [3.05, 3.63) is 59.1 Å². The van der Waals surface area contributed by atoms with Gasteiger partial charge in [-0.3, -0.25) is 4.79 Å². The quantitative estimate of drug-likeness (QED) is 0.799. The van der Waals surface area contributed by atoms with E-state index in [1.54, 1.807) is 29.2 Å². The van der Waals surface area contributed by atoms with Crippen LogP contribution in [0.2, 0.25) is 5.02 Å². The molecule has 0 N–H and O–H groups in total. The lowest BCUT2D eigenvalue weighted by Gasteiger charge is -2.33. The van der Waals surface area contributed by atoms with Crippen molar-refractivity contribution in [2.45, 2.75) is 13.0 Å². The van der Waals surface area contributed by atoms with Gasteiger partial charge in [-0.05, 0) is 43.3 Å². The maximum absolute atomic E-state index is 12.6. The third kappa shape index (κ3) is 2.37. The fraction of sp³-hybridized carbons (Fsp3) is 0.188. The first-order valence-corrected chi connectivity index (χ1v) is 6.86. The van der Waals surface area contributed by atoms with Crippen LogP contribution in [0.15, 0.2) is 48.5 Å². The predicted molar refractivity (Wildman–Crippen MR) is 79.7 cm³/mol. The van der Waals surface area contributed by atoms with Gasteiger partial charge in [-0.2, -0.15) is 0 Å². The van der Waals surface area contributed by atoms with Crippen molar-refractivity contribution in [1.82, 2.24) is 0 Å². The number of anilines is 1. The first kappa shape index (κ1) is 13.0. The maximum Gasteiger partial charge on any atom is 0.258 e. The number of benzene rings is 2. The Morgan fingerprint density at radius 3 is 2.65 bits per heavy atom. The zero-order valence-electron chi connectivity index (χ0n) is 11.0. The van der Waals surface area contributed by atoms with Crippen molar-refractivity contribution in [2.24, 2.45) is 0 Å². The normalized spacial score (nSPS) is 17.3. The highest BCUT2D eigenvalue weighted by molar-refractivity contribution is 6.30. The van der Waals surface area contributed by atoms with Crippen LogP contribution in [0.25, 0.3) is 0 Å². The van der Waals surface area contributed by atoms with Crippen molar-refractivity contribution < 1.29 is 9.53 Å². The second-order valence-corrected chi connectivity index (χ2v) is 5.26. The zero-order chi connectivity index (χ0) is 14.1. The summed E-state index contributed by atoms with van der Waals surface area (Å²) in [5.74, 6) is 0.706. The second kappa shape index (κ2) is 5.17. The van der Waals surface area contributed by atoms with Gasteiger partial charge in [0.1, 0.15) is 11.9 Å². The summed E-state index contributed by atoms with van der Waals surface area (Å²) in [7, 11) is 0. The lowest BCUT2D eigenvalue weighted by Crippen LogP contribution is -2.42. The van der Waals surface area contributed by atoms with E-state index in [4.69, 9.17) is 16.3 Å². The molecule has 102 valence electrons. The number of nitrogens with zero attached hydrogens (tertiary/aromatic N) is 1. The molecular formula is C16H14ClNO2. The number of hydrogen-bond donors (Lipinski definition) is 0. The number of rotatable bonds is 1. The molecule has 20 heavy (non-hydrogen) atoms. The minimum Gasteiger partial charge on any atom is -0.487 e. The van der Waals surface area contributed by atoms with Gasteiger partial charge in [-0.15, -0.1) is 0 Å². The van der Waals surface area contributed by atoms with Crippen molar-refractivity contribution in [2.75, 3.05) is 11.4 Å². The van der Waals surface area contributed by atoms with E-state index in [9.17, 15) is 4.79 Å². The second-order valence-electron chi connectivity index (χ2n) is 4.82. The van der Waals surface area contributed by atoms with E-state index in [0.29, 0.717) is 17.1 Å². The Hall–Kier alpha value is -2.00. The molecule has 2 aromatic rings. The summed E-state index contributed by atoms with van der Waals surface area (Å²) >= 11 is 5.86. The predicted octanol–water partition coefficient (Wildman–Crippen LogP) is 3.77. The topological polar surface area (TPSA) is 29.5 Å². The van der Waals surface area contributed by atoms with Gasteiger partial charge < -0.3 is 9.64 Å². The Morgan fingerprint density at radius 1 is 1.20 bits per heavy atom. The molecule has 3 nitrogen and oxygen atoms in total. The highest BCUT2D eigenvalue weighted by atomic mass is 35.5. The van der Waals surface area contributed by atoms with Crippen molar-refractivity contribution in [1.29, 1.82) is 0 Å². The molecule has 1 aliphatic rings. The molecule has 0 aromatic heterocycles. The highest BCUT2D eigenvalue weighted by Gasteiger charge is 2.27. The molecule has 1 atom stereocenters. The van der Waals surface area contributed by atoms with Gasteiger partial charge >= 0.3 is 0 Å². The summed E-state index contributed by atoms with van der Waals surface area (Å²) in [5, 5.41) is 0.622. The van der Waals surface area contributed by atoms with E-state index in [-0.39, 0.29) is 12.0 Å². The van der Waals surface area contributed by atoms with Crippen LogP contribution >= 0.6 is 11.6 Å². The van der Waals surface area contributed by atoms with E-state index in [1.165, 1.54) is 0 Å². The number of carbonyl (C=O) groups is 1. The van der Waals surface area contributed by atoms with Crippen molar-refractivity contribution in [3.8, 4) is 5.75 Å². The van der Waals surface area contributed by atoms with E-state index >= 15 is 0 Å². The molecule has 1 unspecified atom stereocenters. The Bertz CT molecular complexity index is 639. The van der Waals surface area contributed by atoms with Gasteiger partial charge in [0.25, 0.3) is 5.91 Å². The van der Waals surface area contributed by atoms with Crippen LogP contribution < -0.4 is 9.64 Å². The number of hydrogen-bond acceptors (Lipinski definition) is 2. The molecule has 0 saturated heterocycles. The van der Waals surface area contributed by atoms with E-state index in [2.05, 4.69) is 0 Å². The number of amides is 1. The molecule has 0 fully saturated rings. The van der Waals surface area contributed by atoms with Crippen LogP contribution in [-0.4, -0.2) is 18.6 Å². The van der Waals surface area contributed by atoms with Crippen molar-refractivity contribution in [3.63, 3.8) is 0 Å². The molecule has 0 spiro atoms. The van der Waals surface area contributed by atoms with Gasteiger partial charge in [0.15, 0.2) is 0 Å². The third-order valence-electron chi connectivity index (χ3n) is 3.26. The first-order valence-electron chi connectivity index (χ1n) is 6.48. The monoisotopic (exact) mass is 287 g/mol. The molecule has 3 rings (SSSR count). The number of fused-ring (bicyclic) bond motifs is 1. The standard InChI is InChI=1S/C16H14ClNO2/c1-11-10-18(14-4-2-3-5-15(14)20-11)16(19)12-6-8-13(17)9-7-12/h2-9,11H,10H2,1H3. The minimum absolute atomic E-state index is 0.0267. The van der Waals surface area contributed by atoms with Crippen LogP contribution in [0.3, 0.4) is 0 Å². The number of halogens is 1. The fourth-order valence-corrected chi connectivity index (χ4v) is 2.46. The molecule has 1 aliphatic heterocycles. The Balaban J connectivity index is 1.97. The average Bonchev–Trinajstić information content (AvgIpc) is 2.46.